The average molecular weight is 346 g/mol. The molecule has 0 radical (unpaired) electrons. The lowest BCUT2D eigenvalue weighted by Crippen LogP contribution is -2.15. The molecule has 0 aliphatic carbocycles. The van der Waals surface area contributed by atoms with Crippen LogP contribution in [0, 0.1) is 0 Å². The quantitative estimate of drug-likeness (QED) is 0.634. The fourth-order valence-electron chi connectivity index (χ4n) is 3.37. The Morgan fingerprint density at radius 3 is 2.65 bits per heavy atom. The Balaban J connectivity index is 1.55. The number of nitrogens with zero attached hydrogens (tertiary/aromatic N) is 2. The largest absolute Gasteiger partial charge is 0.376 e. The van der Waals surface area contributed by atoms with Crippen LogP contribution in [-0.2, 0) is 11.3 Å². The van der Waals surface area contributed by atoms with Crippen LogP contribution in [0.4, 0.5) is 0 Å². The van der Waals surface area contributed by atoms with E-state index in [1.54, 1.807) is 6.92 Å². The highest BCUT2D eigenvalue weighted by Gasteiger charge is 2.16. The van der Waals surface area contributed by atoms with Gasteiger partial charge in [-0.25, -0.2) is 0 Å². The van der Waals surface area contributed by atoms with Crippen molar-refractivity contribution in [1.82, 2.24) is 9.78 Å². The molecular formula is C22H22N2O2. The second kappa shape index (κ2) is 7.26. The van der Waals surface area contributed by atoms with Gasteiger partial charge in [-0.15, -0.1) is 0 Å². The molecule has 0 bridgehead atoms. The van der Waals surface area contributed by atoms with Crippen molar-refractivity contribution < 1.29 is 9.53 Å². The molecule has 132 valence electrons. The Labute approximate surface area is 153 Å². The van der Waals surface area contributed by atoms with E-state index in [0.717, 1.165) is 53.9 Å². The summed E-state index contributed by atoms with van der Waals surface area (Å²) in [4.78, 5) is 11.4. The van der Waals surface area contributed by atoms with Crippen LogP contribution in [0.1, 0.15) is 30.1 Å². The van der Waals surface area contributed by atoms with E-state index in [4.69, 9.17) is 9.84 Å². The maximum absolute atomic E-state index is 11.4. The zero-order valence-corrected chi connectivity index (χ0v) is 14.9. The maximum Gasteiger partial charge on any atom is 0.159 e. The molecule has 1 aliphatic heterocycles. The highest BCUT2D eigenvalue weighted by molar-refractivity contribution is 5.94. The van der Waals surface area contributed by atoms with E-state index in [1.165, 1.54) is 0 Å². The first-order chi connectivity index (χ1) is 12.7. The summed E-state index contributed by atoms with van der Waals surface area (Å²) in [6.07, 6.45) is 4.56. The normalized spacial score (nSPS) is 16.7. The van der Waals surface area contributed by atoms with Gasteiger partial charge in [0.15, 0.2) is 5.78 Å². The van der Waals surface area contributed by atoms with E-state index in [9.17, 15) is 4.79 Å². The highest BCUT2D eigenvalue weighted by Crippen LogP contribution is 2.26. The van der Waals surface area contributed by atoms with Gasteiger partial charge in [0.25, 0.3) is 0 Å². The lowest BCUT2D eigenvalue weighted by molar-refractivity contribution is 0.0940. The molecule has 0 saturated carbocycles. The van der Waals surface area contributed by atoms with E-state index >= 15 is 0 Å². The first kappa shape index (κ1) is 16.7. The van der Waals surface area contributed by atoms with Crippen molar-refractivity contribution in [2.24, 2.45) is 0 Å². The Hall–Kier alpha value is -2.72. The molecule has 0 amide bonds. The minimum atomic E-state index is 0.0853. The first-order valence-corrected chi connectivity index (χ1v) is 9.06. The molecular weight excluding hydrogens is 324 g/mol. The number of hydrogen-bond donors (Lipinski definition) is 0. The van der Waals surface area contributed by atoms with E-state index in [0.29, 0.717) is 0 Å². The summed E-state index contributed by atoms with van der Waals surface area (Å²) >= 11 is 0. The monoisotopic (exact) mass is 346 g/mol. The Morgan fingerprint density at radius 1 is 1.12 bits per heavy atom. The molecule has 26 heavy (non-hydrogen) atoms. The van der Waals surface area contributed by atoms with E-state index in [2.05, 4.69) is 18.2 Å². The van der Waals surface area contributed by atoms with Crippen LogP contribution in [0.15, 0.2) is 60.8 Å². The van der Waals surface area contributed by atoms with Gasteiger partial charge in [-0.3, -0.25) is 9.48 Å². The molecule has 0 N–H and O–H groups in total. The molecule has 0 unspecified atom stereocenters. The highest BCUT2D eigenvalue weighted by atomic mass is 16.5. The molecule has 2 heterocycles. The van der Waals surface area contributed by atoms with Crippen molar-refractivity contribution in [3.8, 4) is 22.4 Å². The lowest BCUT2D eigenvalue weighted by atomic mass is 10.00. The van der Waals surface area contributed by atoms with E-state index in [1.807, 2.05) is 47.3 Å². The van der Waals surface area contributed by atoms with E-state index < -0.39 is 0 Å². The third-order valence-corrected chi connectivity index (χ3v) is 4.84. The fourth-order valence-corrected chi connectivity index (χ4v) is 3.37. The number of benzene rings is 2. The third-order valence-electron chi connectivity index (χ3n) is 4.84. The number of carbonyl (C=O) groups is 1. The van der Waals surface area contributed by atoms with Crippen LogP contribution in [-0.4, -0.2) is 28.3 Å². The van der Waals surface area contributed by atoms with Gasteiger partial charge in [-0.2, -0.15) is 5.10 Å². The molecule has 1 atom stereocenters. The van der Waals surface area contributed by atoms with Crippen LogP contribution in [0.5, 0.6) is 0 Å². The van der Waals surface area contributed by atoms with Gasteiger partial charge in [-0.1, -0.05) is 42.5 Å². The van der Waals surface area contributed by atoms with Crippen molar-refractivity contribution in [3.05, 3.63) is 66.4 Å². The number of carbonyl (C=O) groups excluding carboxylic acids is 1. The minimum absolute atomic E-state index is 0.0853. The number of rotatable bonds is 5. The van der Waals surface area contributed by atoms with Gasteiger partial charge in [0, 0.05) is 23.9 Å². The summed E-state index contributed by atoms with van der Waals surface area (Å²) in [7, 11) is 0. The molecule has 1 aliphatic rings. The lowest BCUT2D eigenvalue weighted by Gasteiger charge is -2.09. The number of ketones is 1. The average Bonchev–Trinajstić information content (AvgIpc) is 3.34. The van der Waals surface area contributed by atoms with Gasteiger partial charge < -0.3 is 4.74 Å². The summed E-state index contributed by atoms with van der Waals surface area (Å²) < 4.78 is 7.66. The number of aromatic nitrogens is 2. The molecule has 0 spiro atoms. The summed E-state index contributed by atoms with van der Waals surface area (Å²) in [6, 6.07) is 18.1. The van der Waals surface area contributed by atoms with Crippen molar-refractivity contribution in [2.75, 3.05) is 6.61 Å². The fraction of sp³-hybridized carbons (Fsp3) is 0.273. The summed E-state index contributed by atoms with van der Waals surface area (Å²) in [5.41, 5.74) is 4.99. The molecule has 4 rings (SSSR count). The van der Waals surface area contributed by atoms with Crippen molar-refractivity contribution in [3.63, 3.8) is 0 Å². The van der Waals surface area contributed by atoms with Crippen LogP contribution < -0.4 is 0 Å². The number of ether oxygens (including phenoxy) is 1. The summed E-state index contributed by atoms with van der Waals surface area (Å²) in [5, 5.41) is 4.71. The molecule has 1 aromatic heterocycles. The maximum atomic E-state index is 11.4. The predicted octanol–water partition coefficient (Wildman–Crippen LogP) is 4.60. The molecule has 2 aromatic carbocycles. The Kier molecular flexibility index (Phi) is 4.67. The smallest absolute Gasteiger partial charge is 0.159 e. The molecule has 1 fully saturated rings. The Bertz CT molecular complexity index is 906. The van der Waals surface area contributed by atoms with Crippen molar-refractivity contribution in [1.29, 1.82) is 0 Å². The minimum Gasteiger partial charge on any atom is -0.376 e. The van der Waals surface area contributed by atoms with Gasteiger partial charge >= 0.3 is 0 Å². The number of Topliss-reactive ketones (excluding diaryl/α,β-unsaturated/α-hetero) is 1. The van der Waals surface area contributed by atoms with Gasteiger partial charge in [-0.05, 0) is 43.0 Å². The zero-order chi connectivity index (χ0) is 17.9. The van der Waals surface area contributed by atoms with Gasteiger partial charge in [0.2, 0.25) is 0 Å². The number of hydrogen-bond acceptors (Lipinski definition) is 3. The van der Waals surface area contributed by atoms with Crippen LogP contribution in [0.25, 0.3) is 22.4 Å². The first-order valence-electron chi connectivity index (χ1n) is 9.06. The molecule has 4 heteroatoms. The van der Waals surface area contributed by atoms with Crippen LogP contribution >= 0.6 is 0 Å². The summed E-state index contributed by atoms with van der Waals surface area (Å²) in [5.74, 6) is 0.0853. The van der Waals surface area contributed by atoms with Gasteiger partial charge in [0.1, 0.15) is 0 Å². The van der Waals surface area contributed by atoms with Crippen molar-refractivity contribution in [2.45, 2.75) is 32.4 Å². The molecule has 1 saturated heterocycles. The second-order valence-electron chi connectivity index (χ2n) is 6.77. The molecule has 4 nitrogen and oxygen atoms in total. The second-order valence-corrected chi connectivity index (χ2v) is 6.77. The zero-order valence-electron chi connectivity index (χ0n) is 14.9. The van der Waals surface area contributed by atoms with Crippen molar-refractivity contribution >= 4 is 5.78 Å². The van der Waals surface area contributed by atoms with Crippen LogP contribution in [0.3, 0.4) is 0 Å². The SMILES string of the molecule is CC(=O)c1ccc(-c2cccc(-c3ccn(C[C@H]4CCCO4)n3)c2)cc1. The van der Waals surface area contributed by atoms with Crippen LogP contribution in [0.2, 0.25) is 0 Å². The Morgan fingerprint density at radius 2 is 1.92 bits per heavy atom. The van der Waals surface area contributed by atoms with E-state index in [-0.39, 0.29) is 11.9 Å². The predicted molar refractivity (Wildman–Crippen MR) is 102 cm³/mol. The molecule has 3 aromatic rings. The third kappa shape index (κ3) is 3.60. The van der Waals surface area contributed by atoms with Gasteiger partial charge in [0.05, 0.1) is 18.3 Å². The summed E-state index contributed by atoms with van der Waals surface area (Å²) in [6.45, 7) is 3.26. The topological polar surface area (TPSA) is 44.1 Å². The standard InChI is InChI=1S/C22H22N2O2/c1-16(25)17-7-9-18(10-8-17)19-4-2-5-20(14-19)22-11-12-24(23-22)15-21-6-3-13-26-21/h2,4-5,7-12,14,21H,3,6,13,15H2,1H3/t21-/m1/s1.